The maximum absolute atomic E-state index is 13.9. The van der Waals surface area contributed by atoms with Crippen molar-refractivity contribution in [1.82, 2.24) is 10.3 Å². The summed E-state index contributed by atoms with van der Waals surface area (Å²) in [5.74, 6) is 0.144. The first kappa shape index (κ1) is 22.0. The van der Waals surface area contributed by atoms with Crippen LogP contribution in [0.15, 0.2) is 54.7 Å². The molecule has 0 spiro atoms. The van der Waals surface area contributed by atoms with E-state index in [0.717, 1.165) is 24.0 Å². The zero-order chi connectivity index (χ0) is 22.7. The van der Waals surface area contributed by atoms with E-state index in [1.165, 1.54) is 6.07 Å². The molecule has 166 valence electrons. The quantitative estimate of drug-likeness (QED) is 0.525. The molecule has 0 aliphatic heterocycles. The van der Waals surface area contributed by atoms with E-state index < -0.39 is 6.10 Å². The molecule has 1 heterocycles. The standard InChI is InChI=1S/C26H27FN2O3/c1-16-7-8-19(11-24(16)27)13-28-25(31)23-12-20(14-29-26(23)32-15-18-9-10-18)22-6-4-3-5-21(22)17(2)30/h3-8,11-12,14,17-18,30H,9-10,13,15H2,1-2H3,(H,28,31). The molecule has 1 saturated carbocycles. The van der Waals surface area contributed by atoms with Gasteiger partial charge in [-0.05, 0) is 67.0 Å². The second-order valence-electron chi connectivity index (χ2n) is 8.36. The molecule has 5 nitrogen and oxygen atoms in total. The highest BCUT2D eigenvalue weighted by molar-refractivity contribution is 5.97. The zero-order valence-corrected chi connectivity index (χ0v) is 18.3. The number of aliphatic hydroxyl groups is 1. The minimum Gasteiger partial charge on any atom is -0.477 e. The molecule has 0 saturated heterocycles. The number of hydrogen-bond donors (Lipinski definition) is 2. The molecular formula is C26H27FN2O3. The summed E-state index contributed by atoms with van der Waals surface area (Å²) in [5, 5.41) is 13.0. The Hall–Kier alpha value is -3.25. The lowest BCUT2D eigenvalue weighted by molar-refractivity contribution is 0.0945. The zero-order valence-electron chi connectivity index (χ0n) is 18.3. The van der Waals surface area contributed by atoms with Crippen LogP contribution < -0.4 is 10.1 Å². The smallest absolute Gasteiger partial charge is 0.257 e. The van der Waals surface area contributed by atoms with Crippen LogP contribution in [0.25, 0.3) is 11.1 Å². The van der Waals surface area contributed by atoms with E-state index in [0.29, 0.717) is 34.8 Å². The SMILES string of the molecule is Cc1ccc(CNC(=O)c2cc(-c3ccccc3C(C)O)cnc2OCC2CC2)cc1F. The molecule has 0 bridgehead atoms. The number of nitrogens with zero attached hydrogens (tertiary/aromatic N) is 1. The molecule has 0 radical (unpaired) electrons. The monoisotopic (exact) mass is 434 g/mol. The number of hydrogen-bond acceptors (Lipinski definition) is 4. The summed E-state index contributed by atoms with van der Waals surface area (Å²) >= 11 is 0. The molecule has 1 aromatic heterocycles. The van der Waals surface area contributed by atoms with E-state index in [2.05, 4.69) is 10.3 Å². The predicted molar refractivity (Wildman–Crippen MR) is 121 cm³/mol. The van der Waals surface area contributed by atoms with E-state index in [9.17, 15) is 14.3 Å². The van der Waals surface area contributed by atoms with Crippen molar-refractivity contribution in [1.29, 1.82) is 0 Å². The third-order valence-electron chi connectivity index (χ3n) is 5.66. The number of ether oxygens (including phenoxy) is 1. The van der Waals surface area contributed by atoms with Crippen LogP contribution in [0.1, 0.15) is 52.9 Å². The number of aryl methyl sites for hydroxylation is 1. The Morgan fingerprint density at radius 3 is 2.75 bits per heavy atom. The molecular weight excluding hydrogens is 407 g/mol. The molecule has 6 heteroatoms. The molecule has 1 aliphatic carbocycles. The van der Waals surface area contributed by atoms with Gasteiger partial charge in [0.2, 0.25) is 5.88 Å². The van der Waals surface area contributed by atoms with Crippen LogP contribution in [0.5, 0.6) is 5.88 Å². The summed E-state index contributed by atoms with van der Waals surface area (Å²) in [6, 6.07) is 14.1. The van der Waals surface area contributed by atoms with E-state index in [-0.39, 0.29) is 24.1 Å². The largest absolute Gasteiger partial charge is 0.477 e. The Balaban J connectivity index is 1.61. The molecule has 2 aromatic carbocycles. The summed E-state index contributed by atoms with van der Waals surface area (Å²) in [7, 11) is 0. The summed E-state index contributed by atoms with van der Waals surface area (Å²) < 4.78 is 19.7. The Labute approximate surface area is 187 Å². The summed E-state index contributed by atoms with van der Waals surface area (Å²) in [4.78, 5) is 17.5. The number of carbonyl (C=O) groups excluding carboxylic acids is 1. The molecule has 2 N–H and O–H groups in total. The fourth-order valence-electron chi connectivity index (χ4n) is 3.51. The second kappa shape index (κ2) is 9.49. The summed E-state index contributed by atoms with van der Waals surface area (Å²) in [6.45, 7) is 4.11. The number of benzene rings is 2. The van der Waals surface area contributed by atoms with Crippen LogP contribution in [0.2, 0.25) is 0 Å². The predicted octanol–water partition coefficient (Wildman–Crippen LogP) is 4.97. The molecule has 1 amide bonds. The fourth-order valence-corrected chi connectivity index (χ4v) is 3.51. The number of rotatable bonds is 8. The van der Waals surface area contributed by atoms with Gasteiger partial charge in [0.05, 0.1) is 12.7 Å². The van der Waals surface area contributed by atoms with E-state index >= 15 is 0 Å². The Morgan fingerprint density at radius 1 is 1.25 bits per heavy atom. The minimum absolute atomic E-state index is 0.187. The van der Waals surface area contributed by atoms with Crippen LogP contribution in [0, 0.1) is 18.7 Å². The van der Waals surface area contributed by atoms with Crippen LogP contribution in [0.3, 0.4) is 0 Å². The van der Waals surface area contributed by atoms with Crippen LogP contribution in [-0.4, -0.2) is 22.6 Å². The van der Waals surface area contributed by atoms with Crippen molar-refractivity contribution in [2.45, 2.75) is 39.3 Å². The summed E-state index contributed by atoms with van der Waals surface area (Å²) in [6.07, 6.45) is 3.25. The van der Waals surface area contributed by atoms with Crippen molar-refractivity contribution in [3.05, 3.63) is 82.8 Å². The number of pyridine rings is 1. The molecule has 3 aromatic rings. The van der Waals surface area contributed by atoms with Gasteiger partial charge in [0.25, 0.3) is 5.91 Å². The van der Waals surface area contributed by atoms with Crippen molar-refractivity contribution < 1.29 is 19.0 Å². The number of aliphatic hydroxyl groups excluding tert-OH is 1. The normalized spacial score (nSPS) is 14.1. The number of nitrogens with one attached hydrogen (secondary N) is 1. The van der Waals surface area contributed by atoms with Gasteiger partial charge < -0.3 is 15.2 Å². The van der Waals surface area contributed by atoms with Crippen molar-refractivity contribution in [3.63, 3.8) is 0 Å². The molecule has 1 unspecified atom stereocenters. The number of amides is 1. The van der Waals surface area contributed by atoms with E-state index in [1.807, 2.05) is 24.3 Å². The lowest BCUT2D eigenvalue weighted by Gasteiger charge is -2.15. The topological polar surface area (TPSA) is 71.5 Å². The number of halogens is 1. The van der Waals surface area contributed by atoms with Crippen molar-refractivity contribution in [2.75, 3.05) is 6.61 Å². The van der Waals surface area contributed by atoms with Gasteiger partial charge in [-0.25, -0.2) is 9.37 Å². The summed E-state index contributed by atoms with van der Waals surface area (Å²) in [5.41, 5.74) is 3.82. The van der Waals surface area contributed by atoms with Gasteiger partial charge in [-0.1, -0.05) is 36.4 Å². The molecule has 1 atom stereocenters. The first-order valence-corrected chi connectivity index (χ1v) is 10.9. The third-order valence-corrected chi connectivity index (χ3v) is 5.66. The van der Waals surface area contributed by atoms with E-state index in [4.69, 9.17) is 4.74 Å². The maximum atomic E-state index is 13.9. The average Bonchev–Trinajstić information content (AvgIpc) is 3.62. The molecule has 1 fully saturated rings. The van der Waals surface area contributed by atoms with E-state index in [1.54, 1.807) is 38.2 Å². The highest BCUT2D eigenvalue weighted by atomic mass is 19.1. The van der Waals surface area contributed by atoms with Gasteiger partial charge in [0, 0.05) is 18.3 Å². The van der Waals surface area contributed by atoms with Gasteiger partial charge >= 0.3 is 0 Å². The molecule has 4 rings (SSSR count). The highest BCUT2D eigenvalue weighted by Crippen LogP contribution is 2.32. The Bertz CT molecular complexity index is 1130. The molecule has 1 aliphatic rings. The molecule has 32 heavy (non-hydrogen) atoms. The minimum atomic E-state index is -0.661. The third kappa shape index (κ3) is 5.14. The van der Waals surface area contributed by atoms with Crippen molar-refractivity contribution in [2.24, 2.45) is 5.92 Å². The van der Waals surface area contributed by atoms with Gasteiger partial charge in [0.1, 0.15) is 11.4 Å². The van der Waals surface area contributed by atoms with Crippen LogP contribution >= 0.6 is 0 Å². The van der Waals surface area contributed by atoms with Gasteiger partial charge in [-0.2, -0.15) is 0 Å². The maximum Gasteiger partial charge on any atom is 0.257 e. The van der Waals surface area contributed by atoms with Crippen LogP contribution in [0.4, 0.5) is 4.39 Å². The first-order valence-electron chi connectivity index (χ1n) is 10.9. The Morgan fingerprint density at radius 2 is 2.03 bits per heavy atom. The first-order chi connectivity index (χ1) is 15.4. The second-order valence-corrected chi connectivity index (χ2v) is 8.36. The van der Waals surface area contributed by atoms with Gasteiger partial charge in [-0.15, -0.1) is 0 Å². The van der Waals surface area contributed by atoms with Gasteiger partial charge in [-0.3, -0.25) is 4.79 Å². The number of carbonyl (C=O) groups is 1. The lowest BCUT2D eigenvalue weighted by atomic mass is 9.97. The Kier molecular flexibility index (Phi) is 6.51. The lowest BCUT2D eigenvalue weighted by Crippen LogP contribution is -2.24. The van der Waals surface area contributed by atoms with Crippen molar-refractivity contribution in [3.8, 4) is 17.0 Å². The van der Waals surface area contributed by atoms with Crippen molar-refractivity contribution >= 4 is 5.91 Å². The van der Waals surface area contributed by atoms with Crippen LogP contribution in [-0.2, 0) is 6.54 Å². The number of aromatic nitrogens is 1. The highest BCUT2D eigenvalue weighted by Gasteiger charge is 2.24. The fraction of sp³-hybridized carbons (Fsp3) is 0.308. The van der Waals surface area contributed by atoms with Gasteiger partial charge in [0.15, 0.2) is 0 Å². The average molecular weight is 435 g/mol.